The predicted octanol–water partition coefficient (Wildman–Crippen LogP) is 0.709. The lowest BCUT2D eigenvalue weighted by Gasteiger charge is -2.40. The normalized spacial score (nSPS) is 31.3. The van der Waals surface area contributed by atoms with Gasteiger partial charge in [0.2, 0.25) is 20.9 Å². The molecule has 1 N–H and O–H groups in total. The van der Waals surface area contributed by atoms with E-state index in [2.05, 4.69) is 9.97 Å². The molecule has 1 aromatic heterocycles. The van der Waals surface area contributed by atoms with Gasteiger partial charge in [-0.3, -0.25) is 9.69 Å². The van der Waals surface area contributed by atoms with Gasteiger partial charge in [-0.25, -0.2) is 18.4 Å². The van der Waals surface area contributed by atoms with E-state index in [-0.39, 0.29) is 23.0 Å². The minimum atomic E-state index is -3.57. The summed E-state index contributed by atoms with van der Waals surface area (Å²) in [4.78, 5) is 22.3. The van der Waals surface area contributed by atoms with Gasteiger partial charge in [-0.1, -0.05) is 6.92 Å². The third-order valence-electron chi connectivity index (χ3n) is 4.75. The number of hydrogen-bond donors (Lipinski definition) is 1. The fourth-order valence-electron chi connectivity index (χ4n) is 3.51. The Hall–Kier alpha value is -1.54. The zero-order valence-electron chi connectivity index (χ0n) is 13.5. The van der Waals surface area contributed by atoms with Gasteiger partial charge in [0.1, 0.15) is 5.82 Å². The molecule has 0 bridgehead atoms. The van der Waals surface area contributed by atoms with E-state index in [0.717, 1.165) is 18.2 Å². The Morgan fingerprint density at radius 2 is 2.13 bits per heavy atom. The third kappa shape index (κ3) is 2.74. The summed E-state index contributed by atoms with van der Waals surface area (Å²) < 4.78 is 23.5. The molecular weight excluding hydrogens is 318 g/mol. The predicted molar refractivity (Wildman–Crippen MR) is 83.8 cm³/mol. The van der Waals surface area contributed by atoms with Crippen LogP contribution in [0.2, 0.25) is 0 Å². The Balaban J connectivity index is 2.15. The molecule has 7 nitrogen and oxygen atoms in total. The van der Waals surface area contributed by atoms with Gasteiger partial charge in [0.25, 0.3) is 0 Å². The van der Waals surface area contributed by atoms with E-state index in [4.69, 9.17) is 0 Å². The van der Waals surface area contributed by atoms with Crippen LogP contribution in [0.15, 0.2) is 11.4 Å². The molecule has 1 aliphatic carbocycles. The van der Waals surface area contributed by atoms with Gasteiger partial charge in [0.05, 0.1) is 11.6 Å². The van der Waals surface area contributed by atoms with Crippen molar-refractivity contribution in [3.05, 3.63) is 11.8 Å². The number of hydrogen-bond acceptors (Lipinski definition) is 6. The van der Waals surface area contributed by atoms with Crippen molar-refractivity contribution in [3.8, 4) is 0 Å². The number of anilines is 1. The first-order chi connectivity index (χ1) is 10.6. The molecule has 8 heteroatoms. The van der Waals surface area contributed by atoms with Gasteiger partial charge in [-0.2, -0.15) is 0 Å². The molecule has 1 aromatic rings. The molecule has 0 saturated heterocycles. The molecule has 1 aliphatic heterocycles. The number of carbonyl (C=O) groups is 1. The molecule has 3 rings (SSSR count). The van der Waals surface area contributed by atoms with Gasteiger partial charge >= 0.3 is 0 Å². The van der Waals surface area contributed by atoms with Crippen LogP contribution in [0.5, 0.6) is 0 Å². The van der Waals surface area contributed by atoms with Gasteiger partial charge in [-0.05, 0) is 32.6 Å². The molecule has 2 heterocycles. The smallest absolute Gasteiger partial charge is 0.248 e. The van der Waals surface area contributed by atoms with Crippen molar-refractivity contribution in [1.82, 2.24) is 9.97 Å². The lowest BCUT2D eigenvalue weighted by Crippen LogP contribution is -2.54. The van der Waals surface area contributed by atoms with Crippen LogP contribution in [0.25, 0.3) is 0 Å². The van der Waals surface area contributed by atoms with E-state index in [1.54, 1.807) is 6.92 Å². The Kier molecular flexibility index (Phi) is 3.72. The van der Waals surface area contributed by atoms with Gasteiger partial charge in [-0.15, -0.1) is 0 Å². The van der Waals surface area contributed by atoms with Crippen LogP contribution in [-0.2, 0) is 21.1 Å². The summed E-state index contributed by atoms with van der Waals surface area (Å²) in [7, 11) is -3.57. The van der Waals surface area contributed by atoms with Crippen LogP contribution in [-0.4, -0.2) is 47.3 Å². The molecule has 23 heavy (non-hydrogen) atoms. The monoisotopic (exact) mass is 339 g/mol. The molecule has 126 valence electrons. The Labute approximate surface area is 135 Å². The molecule has 0 radical (unpaired) electrons. The van der Waals surface area contributed by atoms with Crippen LogP contribution in [0.1, 0.15) is 38.7 Å². The summed E-state index contributed by atoms with van der Waals surface area (Å²) in [6.45, 7) is 3.54. The van der Waals surface area contributed by atoms with Crippen LogP contribution >= 0.6 is 0 Å². The average molecular weight is 339 g/mol. The molecule has 0 spiro atoms. The van der Waals surface area contributed by atoms with Crippen LogP contribution in [0.4, 0.5) is 5.82 Å². The summed E-state index contributed by atoms with van der Waals surface area (Å²) in [5.41, 5.74) is -0.257. The highest BCUT2D eigenvalue weighted by molar-refractivity contribution is 7.90. The maximum absolute atomic E-state index is 12.7. The second-order valence-electron chi connectivity index (χ2n) is 6.85. The van der Waals surface area contributed by atoms with Crippen molar-refractivity contribution in [3.63, 3.8) is 0 Å². The molecule has 3 atom stereocenters. The van der Waals surface area contributed by atoms with E-state index in [1.165, 1.54) is 11.1 Å². The first-order valence-electron chi connectivity index (χ1n) is 7.72. The molecule has 3 unspecified atom stereocenters. The largest absolute Gasteiger partial charge is 0.388 e. The third-order valence-corrected chi connectivity index (χ3v) is 5.61. The highest BCUT2D eigenvalue weighted by Crippen LogP contribution is 2.39. The number of nitrogens with zero attached hydrogens (tertiary/aromatic N) is 3. The topological polar surface area (TPSA) is 100 Å². The number of sulfone groups is 1. The highest BCUT2D eigenvalue weighted by Gasteiger charge is 2.46. The first-order valence-corrected chi connectivity index (χ1v) is 9.62. The Bertz CT molecular complexity index is 760. The number of aromatic nitrogens is 2. The number of carbonyl (C=O) groups excluding carboxylic acids is 1. The first kappa shape index (κ1) is 16.3. The summed E-state index contributed by atoms with van der Waals surface area (Å²) in [6.07, 6.45) is 5.09. The van der Waals surface area contributed by atoms with Gasteiger partial charge in [0.15, 0.2) is 0 Å². The number of rotatable bonds is 2. The summed E-state index contributed by atoms with van der Waals surface area (Å²) in [6, 6.07) is -0.390. The maximum atomic E-state index is 12.7. The van der Waals surface area contributed by atoms with E-state index >= 15 is 0 Å². The summed E-state index contributed by atoms with van der Waals surface area (Å²) in [5, 5.41) is 10.3. The van der Waals surface area contributed by atoms with Crippen molar-refractivity contribution in [2.75, 3.05) is 11.2 Å². The fraction of sp³-hybridized carbons (Fsp3) is 0.667. The SMILES string of the molecule is CC1Cc2cnc(S(C)(=O)=O)nc2N(C2CCCC2(C)O)C1=O. The second-order valence-corrected chi connectivity index (χ2v) is 8.76. The van der Waals surface area contributed by atoms with Crippen molar-refractivity contribution in [1.29, 1.82) is 0 Å². The van der Waals surface area contributed by atoms with Crippen LogP contribution in [0.3, 0.4) is 0 Å². The second kappa shape index (κ2) is 5.24. The summed E-state index contributed by atoms with van der Waals surface area (Å²) in [5.74, 6) is -0.0369. The zero-order valence-corrected chi connectivity index (χ0v) is 14.3. The van der Waals surface area contributed by atoms with Crippen molar-refractivity contribution < 1.29 is 18.3 Å². The zero-order chi connectivity index (χ0) is 17.0. The van der Waals surface area contributed by atoms with E-state index < -0.39 is 15.4 Å². The molecule has 1 fully saturated rings. The number of fused-ring (bicyclic) bond motifs is 1. The van der Waals surface area contributed by atoms with E-state index in [0.29, 0.717) is 25.1 Å². The standard InChI is InChI=1S/C15H21N3O4S/c1-9-7-10-8-16-14(23(3,21)22)17-12(10)18(13(9)19)11-5-4-6-15(11,2)20/h8-9,11,20H,4-7H2,1-3H3. The van der Waals surface area contributed by atoms with Crippen molar-refractivity contribution in [2.45, 2.75) is 56.3 Å². The minimum absolute atomic E-state index is 0.122. The average Bonchev–Trinajstić information content (AvgIpc) is 2.78. The number of amides is 1. The lowest BCUT2D eigenvalue weighted by atomic mass is 9.91. The molecule has 1 amide bonds. The highest BCUT2D eigenvalue weighted by atomic mass is 32.2. The quantitative estimate of drug-likeness (QED) is 0.797. The maximum Gasteiger partial charge on any atom is 0.248 e. The lowest BCUT2D eigenvalue weighted by molar-refractivity contribution is -0.124. The Morgan fingerprint density at radius 3 is 2.70 bits per heavy atom. The minimum Gasteiger partial charge on any atom is -0.388 e. The van der Waals surface area contributed by atoms with E-state index in [9.17, 15) is 18.3 Å². The molecular formula is C15H21N3O4S. The summed E-state index contributed by atoms with van der Waals surface area (Å²) >= 11 is 0. The molecule has 2 aliphatic rings. The van der Waals surface area contributed by atoms with E-state index in [1.807, 2.05) is 6.92 Å². The van der Waals surface area contributed by atoms with Crippen LogP contribution < -0.4 is 4.90 Å². The van der Waals surface area contributed by atoms with Gasteiger partial charge in [0, 0.05) is 23.9 Å². The Morgan fingerprint density at radius 1 is 1.43 bits per heavy atom. The molecule has 1 saturated carbocycles. The number of aliphatic hydroxyl groups is 1. The fourth-order valence-corrected chi connectivity index (χ4v) is 4.01. The van der Waals surface area contributed by atoms with Crippen LogP contribution in [0, 0.1) is 5.92 Å². The van der Waals surface area contributed by atoms with Crippen molar-refractivity contribution >= 4 is 21.6 Å². The van der Waals surface area contributed by atoms with Crippen molar-refractivity contribution in [2.24, 2.45) is 5.92 Å². The molecule has 0 aromatic carbocycles. The van der Waals surface area contributed by atoms with Gasteiger partial charge < -0.3 is 5.11 Å².